The Kier molecular flexibility index (Phi) is 4.94. The van der Waals surface area contributed by atoms with Crippen LogP contribution in [0, 0.1) is 11.6 Å². The summed E-state index contributed by atoms with van der Waals surface area (Å²) < 4.78 is 27.3. The fourth-order valence-electron chi connectivity index (χ4n) is 1.73. The summed E-state index contributed by atoms with van der Waals surface area (Å²) in [5.41, 5.74) is -0.702. The largest absolute Gasteiger partial charge is 0.350 e. The number of carbonyl (C=O) groups is 3. The van der Waals surface area contributed by atoms with Crippen LogP contribution in [-0.2, 0) is 4.79 Å². The predicted octanol–water partition coefficient (Wildman–Crippen LogP) is 2.15. The Balaban J connectivity index is 1.97. The van der Waals surface area contributed by atoms with Gasteiger partial charge < -0.3 is 5.32 Å². The number of hydrogen-bond donors (Lipinski definition) is 1. The van der Waals surface area contributed by atoms with Gasteiger partial charge in [0.1, 0.15) is 17.2 Å². The molecule has 1 aromatic carbocycles. The zero-order valence-corrected chi connectivity index (χ0v) is 12.9. The standard InChI is InChI=1S/C12H9BrF2N2O3S/c13-6-3-7(14)10(8(15)4-6)11(19)16-1-2-17-9(18)5-21-12(17)20/h3-4H,1-2,5H2,(H,16,19). The molecule has 0 atom stereocenters. The number of nitrogens with zero attached hydrogens (tertiary/aromatic N) is 1. The summed E-state index contributed by atoms with van der Waals surface area (Å²) in [7, 11) is 0. The van der Waals surface area contributed by atoms with Crippen LogP contribution in [0.1, 0.15) is 10.4 Å². The molecule has 3 amide bonds. The lowest BCUT2D eigenvalue weighted by Crippen LogP contribution is -2.37. The molecule has 5 nitrogen and oxygen atoms in total. The summed E-state index contributed by atoms with van der Waals surface area (Å²) in [6.45, 7) is -0.109. The van der Waals surface area contributed by atoms with Gasteiger partial charge in [-0.3, -0.25) is 19.3 Å². The minimum absolute atomic E-state index is 0.0316. The van der Waals surface area contributed by atoms with Crippen molar-refractivity contribution in [3.05, 3.63) is 33.8 Å². The average molecular weight is 379 g/mol. The first-order valence-corrected chi connectivity index (χ1v) is 7.58. The molecule has 1 N–H and O–H groups in total. The van der Waals surface area contributed by atoms with Gasteiger partial charge in [0.2, 0.25) is 5.91 Å². The monoisotopic (exact) mass is 378 g/mol. The maximum Gasteiger partial charge on any atom is 0.288 e. The molecule has 0 aromatic heterocycles. The molecule has 21 heavy (non-hydrogen) atoms. The van der Waals surface area contributed by atoms with Gasteiger partial charge in [0.05, 0.1) is 5.75 Å². The molecule has 1 heterocycles. The molecule has 1 aromatic rings. The Labute approximate surface area is 131 Å². The van der Waals surface area contributed by atoms with E-state index in [4.69, 9.17) is 0 Å². The lowest BCUT2D eigenvalue weighted by molar-refractivity contribution is -0.124. The number of carbonyl (C=O) groups excluding carboxylic acids is 3. The molecule has 1 saturated heterocycles. The summed E-state index contributed by atoms with van der Waals surface area (Å²) >= 11 is 3.79. The van der Waals surface area contributed by atoms with Gasteiger partial charge in [-0.1, -0.05) is 27.7 Å². The van der Waals surface area contributed by atoms with Crippen molar-refractivity contribution in [1.29, 1.82) is 0 Å². The van der Waals surface area contributed by atoms with Crippen LogP contribution in [0.3, 0.4) is 0 Å². The van der Waals surface area contributed by atoms with Gasteiger partial charge in [-0.25, -0.2) is 8.78 Å². The summed E-state index contributed by atoms with van der Waals surface area (Å²) in [5.74, 6) is -3.21. The molecule has 112 valence electrons. The number of halogens is 3. The van der Waals surface area contributed by atoms with Crippen LogP contribution in [0.15, 0.2) is 16.6 Å². The molecule has 0 spiro atoms. The van der Waals surface area contributed by atoms with E-state index >= 15 is 0 Å². The van der Waals surface area contributed by atoms with Gasteiger partial charge in [-0.2, -0.15) is 0 Å². The van der Waals surface area contributed by atoms with Crippen LogP contribution >= 0.6 is 27.7 Å². The zero-order chi connectivity index (χ0) is 15.6. The molecular formula is C12H9BrF2N2O3S. The van der Waals surface area contributed by atoms with Crippen molar-refractivity contribution in [1.82, 2.24) is 10.2 Å². The SMILES string of the molecule is O=C(NCCN1C(=O)CSC1=O)c1c(F)cc(Br)cc1F. The Morgan fingerprint density at radius 2 is 1.95 bits per heavy atom. The van der Waals surface area contributed by atoms with Crippen LogP contribution in [0.4, 0.5) is 13.6 Å². The van der Waals surface area contributed by atoms with Gasteiger partial charge >= 0.3 is 0 Å². The molecule has 1 aliphatic rings. The number of imide groups is 1. The summed E-state index contributed by atoms with van der Waals surface area (Å²) in [6, 6.07) is 1.95. The maximum atomic E-state index is 13.6. The zero-order valence-electron chi connectivity index (χ0n) is 10.5. The van der Waals surface area contributed by atoms with Crippen LogP contribution in [0.5, 0.6) is 0 Å². The highest BCUT2D eigenvalue weighted by Gasteiger charge is 2.29. The minimum atomic E-state index is -0.997. The summed E-state index contributed by atoms with van der Waals surface area (Å²) in [4.78, 5) is 35.3. The third-order valence-corrected chi connectivity index (χ3v) is 4.01. The molecule has 0 radical (unpaired) electrons. The van der Waals surface area contributed by atoms with Crippen LogP contribution < -0.4 is 5.32 Å². The summed E-state index contributed by atoms with van der Waals surface area (Å²) in [6.07, 6.45) is 0. The van der Waals surface area contributed by atoms with E-state index in [-0.39, 0.29) is 29.2 Å². The van der Waals surface area contributed by atoms with Gasteiger partial charge in [-0.05, 0) is 12.1 Å². The van der Waals surface area contributed by atoms with Crippen molar-refractivity contribution < 1.29 is 23.2 Å². The second-order valence-electron chi connectivity index (χ2n) is 4.10. The van der Waals surface area contributed by atoms with Gasteiger partial charge in [0, 0.05) is 17.6 Å². The number of hydrogen-bond acceptors (Lipinski definition) is 4. The van der Waals surface area contributed by atoms with Crippen LogP contribution in [0.25, 0.3) is 0 Å². The molecular weight excluding hydrogens is 370 g/mol. The van der Waals surface area contributed by atoms with Gasteiger partial charge in [0.25, 0.3) is 11.1 Å². The second kappa shape index (κ2) is 6.52. The minimum Gasteiger partial charge on any atom is -0.350 e. The van der Waals surface area contributed by atoms with E-state index in [1.54, 1.807) is 0 Å². The van der Waals surface area contributed by atoms with Crippen LogP contribution in [0.2, 0.25) is 0 Å². The molecule has 1 fully saturated rings. The van der Waals surface area contributed by atoms with Gasteiger partial charge in [-0.15, -0.1) is 0 Å². The Hall–Kier alpha value is -1.48. The topological polar surface area (TPSA) is 66.5 Å². The van der Waals surface area contributed by atoms with Crippen molar-refractivity contribution in [3.8, 4) is 0 Å². The van der Waals surface area contributed by atoms with Crippen LogP contribution in [-0.4, -0.2) is 40.8 Å². The Morgan fingerprint density at radius 1 is 1.33 bits per heavy atom. The average Bonchev–Trinajstić information content (AvgIpc) is 2.69. The first kappa shape index (κ1) is 15.9. The van der Waals surface area contributed by atoms with E-state index in [9.17, 15) is 23.2 Å². The Morgan fingerprint density at radius 3 is 2.48 bits per heavy atom. The first-order valence-electron chi connectivity index (χ1n) is 5.80. The van der Waals surface area contributed by atoms with E-state index in [2.05, 4.69) is 21.2 Å². The van der Waals surface area contributed by atoms with Gasteiger partial charge in [0.15, 0.2) is 0 Å². The van der Waals surface area contributed by atoms with E-state index in [0.717, 1.165) is 28.8 Å². The molecule has 2 rings (SSSR count). The normalized spacial score (nSPS) is 14.7. The second-order valence-corrected chi connectivity index (χ2v) is 5.94. The Bertz CT molecular complexity index is 588. The number of thioether (sulfide) groups is 1. The van der Waals surface area contributed by atoms with E-state index in [1.165, 1.54) is 0 Å². The summed E-state index contributed by atoms with van der Waals surface area (Å²) in [5, 5.41) is 1.89. The number of benzene rings is 1. The quantitative estimate of drug-likeness (QED) is 0.871. The highest BCUT2D eigenvalue weighted by molar-refractivity contribution is 9.10. The third-order valence-electron chi connectivity index (χ3n) is 2.70. The highest BCUT2D eigenvalue weighted by atomic mass is 79.9. The number of nitrogens with one attached hydrogen (secondary N) is 1. The number of rotatable bonds is 4. The van der Waals surface area contributed by atoms with Crippen molar-refractivity contribution >= 4 is 44.7 Å². The molecule has 0 unspecified atom stereocenters. The van der Waals surface area contributed by atoms with E-state index in [1.807, 2.05) is 0 Å². The number of amides is 3. The predicted molar refractivity (Wildman–Crippen MR) is 76.0 cm³/mol. The lowest BCUT2D eigenvalue weighted by Gasteiger charge is -2.13. The fourth-order valence-corrected chi connectivity index (χ4v) is 2.88. The first-order chi connectivity index (χ1) is 9.90. The molecule has 1 aliphatic heterocycles. The van der Waals surface area contributed by atoms with Crippen molar-refractivity contribution in [2.24, 2.45) is 0 Å². The van der Waals surface area contributed by atoms with Crippen molar-refractivity contribution in [2.75, 3.05) is 18.8 Å². The molecule has 0 bridgehead atoms. The molecule has 0 aliphatic carbocycles. The highest BCUT2D eigenvalue weighted by Crippen LogP contribution is 2.20. The fraction of sp³-hybridized carbons (Fsp3) is 0.250. The molecule has 9 heteroatoms. The third kappa shape index (κ3) is 3.59. The molecule has 0 saturated carbocycles. The van der Waals surface area contributed by atoms with E-state index in [0.29, 0.717) is 0 Å². The van der Waals surface area contributed by atoms with E-state index < -0.39 is 28.3 Å². The lowest BCUT2D eigenvalue weighted by atomic mass is 10.2. The maximum absolute atomic E-state index is 13.6. The van der Waals surface area contributed by atoms with Crippen molar-refractivity contribution in [3.63, 3.8) is 0 Å². The van der Waals surface area contributed by atoms with Crippen molar-refractivity contribution in [2.45, 2.75) is 0 Å². The smallest absolute Gasteiger partial charge is 0.288 e.